The molecule has 2 N–H and O–H groups in total. The normalized spacial score (nSPS) is 55.3. The lowest BCUT2D eigenvalue weighted by Gasteiger charge is -2.61. The van der Waals surface area contributed by atoms with Crippen molar-refractivity contribution >= 4 is 0 Å². The van der Waals surface area contributed by atoms with Crippen LogP contribution in [0.4, 0.5) is 0 Å². The molecule has 0 radical (unpaired) electrons. The molecule has 4 aliphatic carbocycles. The maximum absolute atomic E-state index is 11.1. The molecule has 0 amide bonds. The van der Waals surface area contributed by atoms with Gasteiger partial charge in [0.2, 0.25) is 0 Å². The fourth-order valence-corrected chi connectivity index (χ4v) is 7.60. The molecule has 4 fully saturated rings. The molecule has 0 heterocycles. The first kappa shape index (κ1) is 18.2. The second-order valence-corrected chi connectivity index (χ2v) is 10.0. The van der Waals surface area contributed by atoms with Gasteiger partial charge in [-0.05, 0) is 85.9 Å². The first-order valence-corrected chi connectivity index (χ1v) is 10.3. The van der Waals surface area contributed by atoms with Crippen molar-refractivity contribution in [2.45, 2.75) is 83.5 Å². The minimum Gasteiger partial charge on any atom is -0.393 e. The van der Waals surface area contributed by atoms with Crippen LogP contribution in [-0.2, 0) is 9.47 Å². The van der Waals surface area contributed by atoms with Crippen molar-refractivity contribution in [3.63, 3.8) is 0 Å². The van der Waals surface area contributed by atoms with Gasteiger partial charge in [0, 0.05) is 7.11 Å². The van der Waals surface area contributed by atoms with Crippen molar-refractivity contribution in [3.05, 3.63) is 0 Å². The molecule has 0 aromatic carbocycles. The van der Waals surface area contributed by atoms with Crippen molar-refractivity contribution in [2.24, 2.45) is 34.5 Å². The molecule has 9 atom stereocenters. The van der Waals surface area contributed by atoms with Crippen LogP contribution in [0.2, 0.25) is 0 Å². The molecule has 4 unspecified atom stereocenters. The predicted octanol–water partition coefficient (Wildman–Crippen LogP) is 3.35. The largest absolute Gasteiger partial charge is 0.393 e. The first-order valence-electron chi connectivity index (χ1n) is 10.3. The fourth-order valence-electron chi connectivity index (χ4n) is 7.60. The third-order valence-electron chi connectivity index (χ3n) is 8.80. The average molecular weight is 353 g/mol. The number of hydrogen-bond donors (Lipinski definition) is 2. The summed E-state index contributed by atoms with van der Waals surface area (Å²) >= 11 is 0. The number of ether oxygens (including phenoxy) is 2. The van der Waals surface area contributed by atoms with E-state index in [9.17, 15) is 10.2 Å². The van der Waals surface area contributed by atoms with Gasteiger partial charge in [-0.3, -0.25) is 0 Å². The van der Waals surface area contributed by atoms with Gasteiger partial charge in [-0.15, -0.1) is 0 Å². The molecule has 4 nitrogen and oxygen atoms in total. The van der Waals surface area contributed by atoms with Gasteiger partial charge in [-0.1, -0.05) is 13.8 Å². The average Bonchev–Trinajstić information content (AvgIpc) is 2.88. The summed E-state index contributed by atoms with van der Waals surface area (Å²) in [7, 11) is 1.67. The van der Waals surface area contributed by atoms with E-state index in [1.54, 1.807) is 7.11 Å². The van der Waals surface area contributed by atoms with Crippen LogP contribution in [0.25, 0.3) is 0 Å². The monoisotopic (exact) mass is 352 g/mol. The molecule has 4 aliphatic rings. The second-order valence-electron chi connectivity index (χ2n) is 10.0. The van der Waals surface area contributed by atoms with Gasteiger partial charge in [0.25, 0.3) is 0 Å². The van der Waals surface area contributed by atoms with Crippen LogP contribution in [0.5, 0.6) is 0 Å². The zero-order chi connectivity index (χ0) is 17.8. The Labute approximate surface area is 152 Å². The lowest BCUT2D eigenvalue weighted by atomic mass is 9.44. The Morgan fingerprint density at radius 1 is 0.960 bits per heavy atom. The van der Waals surface area contributed by atoms with Crippen LogP contribution in [0.1, 0.15) is 65.2 Å². The SMILES string of the molecule is COCOC1CC[C@@]2(C)C(C1)C(O)C[C@@H]1[C@H]2CC[C@]2(C)CC(O)C[C@@H]12. The van der Waals surface area contributed by atoms with Gasteiger partial charge in [-0.25, -0.2) is 0 Å². The summed E-state index contributed by atoms with van der Waals surface area (Å²) in [5.74, 6) is 2.23. The van der Waals surface area contributed by atoms with Crippen LogP contribution < -0.4 is 0 Å². The van der Waals surface area contributed by atoms with Gasteiger partial charge in [-0.2, -0.15) is 0 Å². The third-order valence-corrected chi connectivity index (χ3v) is 8.80. The van der Waals surface area contributed by atoms with Crippen molar-refractivity contribution < 1.29 is 19.7 Å². The van der Waals surface area contributed by atoms with Crippen molar-refractivity contribution in [1.82, 2.24) is 0 Å². The van der Waals surface area contributed by atoms with Gasteiger partial charge < -0.3 is 19.7 Å². The van der Waals surface area contributed by atoms with E-state index >= 15 is 0 Å². The topological polar surface area (TPSA) is 58.9 Å². The van der Waals surface area contributed by atoms with Gasteiger partial charge >= 0.3 is 0 Å². The Morgan fingerprint density at radius 3 is 2.52 bits per heavy atom. The number of aliphatic hydroxyl groups is 2. The molecule has 0 spiro atoms. The highest BCUT2D eigenvalue weighted by molar-refractivity contribution is 5.10. The molecule has 25 heavy (non-hydrogen) atoms. The Hall–Kier alpha value is -0.160. The minimum atomic E-state index is -0.222. The molecule has 0 aromatic heterocycles. The third kappa shape index (κ3) is 2.88. The smallest absolute Gasteiger partial charge is 0.146 e. The molecule has 4 rings (SSSR count). The zero-order valence-electron chi connectivity index (χ0n) is 16.1. The number of hydrogen-bond acceptors (Lipinski definition) is 4. The molecular formula is C21H36O4. The van der Waals surface area contributed by atoms with Gasteiger partial charge in [0.05, 0.1) is 18.3 Å². The van der Waals surface area contributed by atoms with Crippen molar-refractivity contribution in [2.75, 3.05) is 13.9 Å². The van der Waals surface area contributed by atoms with E-state index < -0.39 is 0 Å². The first-order chi connectivity index (χ1) is 11.9. The number of methoxy groups -OCH3 is 1. The van der Waals surface area contributed by atoms with Crippen molar-refractivity contribution in [3.8, 4) is 0 Å². The molecule has 4 heteroatoms. The van der Waals surface area contributed by atoms with E-state index in [-0.39, 0.29) is 23.7 Å². The molecule has 0 bridgehead atoms. The summed E-state index contributed by atoms with van der Waals surface area (Å²) < 4.78 is 10.9. The van der Waals surface area contributed by atoms with E-state index in [2.05, 4.69) is 13.8 Å². The molecule has 4 saturated carbocycles. The Balaban J connectivity index is 1.55. The second kappa shape index (κ2) is 6.47. The number of aliphatic hydroxyl groups excluding tert-OH is 2. The Kier molecular flexibility index (Phi) is 4.71. The van der Waals surface area contributed by atoms with E-state index in [1.165, 1.54) is 12.8 Å². The number of rotatable bonds is 3. The summed E-state index contributed by atoms with van der Waals surface area (Å²) in [6, 6.07) is 0. The maximum atomic E-state index is 11.1. The fraction of sp³-hybridized carbons (Fsp3) is 1.00. The predicted molar refractivity (Wildman–Crippen MR) is 95.9 cm³/mol. The van der Waals surface area contributed by atoms with Gasteiger partial charge in [0.15, 0.2) is 0 Å². The summed E-state index contributed by atoms with van der Waals surface area (Å²) in [6.07, 6.45) is 8.43. The van der Waals surface area contributed by atoms with E-state index in [0.717, 1.165) is 38.5 Å². The molecule has 0 saturated heterocycles. The van der Waals surface area contributed by atoms with Crippen LogP contribution in [0.3, 0.4) is 0 Å². The van der Waals surface area contributed by atoms with E-state index in [4.69, 9.17) is 9.47 Å². The molecule has 0 aromatic rings. The summed E-state index contributed by atoms with van der Waals surface area (Å²) in [4.78, 5) is 0. The maximum Gasteiger partial charge on any atom is 0.146 e. The van der Waals surface area contributed by atoms with Gasteiger partial charge in [0.1, 0.15) is 6.79 Å². The lowest BCUT2D eigenvalue weighted by molar-refractivity contribution is -0.183. The number of fused-ring (bicyclic) bond motifs is 5. The highest BCUT2D eigenvalue weighted by Crippen LogP contribution is 2.66. The summed E-state index contributed by atoms with van der Waals surface area (Å²) in [5, 5.41) is 21.4. The Morgan fingerprint density at radius 2 is 1.76 bits per heavy atom. The standard InChI is InChI=1S/C21H36O4/c1-20-6-5-16-15(17(20)8-13(22)11-20)10-19(23)18-9-14(25-12-24-3)4-7-21(16,18)2/h13-19,22-23H,4-12H2,1-3H3/t13?,14?,15-,16-,17+,18?,19?,20-,21-/m1/s1. The molecular weight excluding hydrogens is 316 g/mol. The zero-order valence-corrected chi connectivity index (χ0v) is 16.1. The van der Waals surface area contributed by atoms with Crippen LogP contribution in [-0.4, -0.2) is 42.4 Å². The van der Waals surface area contributed by atoms with Crippen LogP contribution in [0, 0.1) is 34.5 Å². The van der Waals surface area contributed by atoms with E-state index in [0.29, 0.717) is 35.9 Å². The highest BCUT2D eigenvalue weighted by atomic mass is 16.7. The van der Waals surface area contributed by atoms with E-state index in [1.807, 2.05) is 0 Å². The summed E-state index contributed by atoms with van der Waals surface area (Å²) in [5.41, 5.74) is 0.520. The van der Waals surface area contributed by atoms with Crippen molar-refractivity contribution in [1.29, 1.82) is 0 Å². The quantitative estimate of drug-likeness (QED) is 0.765. The Bertz CT molecular complexity index is 496. The van der Waals surface area contributed by atoms with Crippen LogP contribution in [0.15, 0.2) is 0 Å². The minimum absolute atomic E-state index is 0.130. The highest BCUT2D eigenvalue weighted by Gasteiger charge is 2.61. The van der Waals surface area contributed by atoms with Crippen LogP contribution >= 0.6 is 0 Å². The molecule has 144 valence electrons. The summed E-state index contributed by atoms with van der Waals surface area (Å²) in [6.45, 7) is 5.19. The lowest BCUT2D eigenvalue weighted by Crippen LogP contribution is -2.57. The molecule has 0 aliphatic heterocycles.